The Balaban J connectivity index is 1.29. The predicted molar refractivity (Wildman–Crippen MR) is 133 cm³/mol. The molecule has 4 aromatic rings. The summed E-state index contributed by atoms with van der Waals surface area (Å²) in [5.74, 6) is 0.877. The van der Waals surface area contributed by atoms with E-state index in [-0.39, 0.29) is 5.97 Å². The number of likely N-dealkylation sites (tertiary alicyclic amines) is 1. The van der Waals surface area contributed by atoms with Crippen LogP contribution in [0.4, 0.5) is 0 Å². The molecule has 2 heterocycles. The summed E-state index contributed by atoms with van der Waals surface area (Å²) in [5, 5.41) is 1.60. The fourth-order valence-electron chi connectivity index (χ4n) is 4.68. The van der Waals surface area contributed by atoms with Crippen LogP contribution in [0, 0.1) is 5.92 Å². The summed E-state index contributed by atoms with van der Waals surface area (Å²) in [5.41, 5.74) is 9.17. The van der Waals surface area contributed by atoms with Crippen molar-refractivity contribution in [2.45, 2.75) is 19.3 Å². The molecule has 5 heteroatoms. The van der Waals surface area contributed by atoms with Crippen molar-refractivity contribution in [1.29, 1.82) is 0 Å². The molecule has 0 aliphatic carbocycles. The van der Waals surface area contributed by atoms with Gasteiger partial charge in [0.05, 0.1) is 16.6 Å². The standard InChI is InChI=1S/C28H29N3O2/c29-19-21-14-17-31(18-15-21)16-13-20-9-11-22(12-10-20)33-28(32)27-23-5-1-3-7-25(23)30-26-8-4-2-6-24(26)27/h1-12,21H,13-19,29H2. The third-order valence-corrected chi connectivity index (χ3v) is 6.68. The van der Waals surface area contributed by atoms with Gasteiger partial charge in [0, 0.05) is 17.3 Å². The number of esters is 1. The molecule has 5 rings (SSSR count). The molecule has 0 radical (unpaired) electrons. The second-order valence-electron chi connectivity index (χ2n) is 8.83. The highest BCUT2D eigenvalue weighted by atomic mass is 16.5. The van der Waals surface area contributed by atoms with Crippen molar-refractivity contribution in [3.63, 3.8) is 0 Å². The van der Waals surface area contributed by atoms with Crippen LogP contribution in [-0.2, 0) is 6.42 Å². The minimum Gasteiger partial charge on any atom is -0.423 e. The molecular weight excluding hydrogens is 410 g/mol. The molecule has 3 aromatic carbocycles. The van der Waals surface area contributed by atoms with E-state index in [0.29, 0.717) is 17.2 Å². The van der Waals surface area contributed by atoms with Crippen molar-refractivity contribution in [1.82, 2.24) is 9.88 Å². The maximum Gasteiger partial charge on any atom is 0.344 e. The molecule has 0 spiro atoms. The molecule has 1 aromatic heterocycles. The molecule has 0 atom stereocenters. The zero-order valence-electron chi connectivity index (χ0n) is 18.7. The number of ether oxygens (including phenoxy) is 1. The fraction of sp³-hybridized carbons (Fsp3) is 0.286. The van der Waals surface area contributed by atoms with Crippen LogP contribution in [0.15, 0.2) is 72.8 Å². The van der Waals surface area contributed by atoms with Crippen molar-refractivity contribution < 1.29 is 9.53 Å². The molecule has 1 aliphatic rings. The third kappa shape index (κ3) is 4.75. The quantitative estimate of drug-likeness (QED) is 0.265. The lowest BCUT2D eigenvalue weighted by Gasteiger charge is -2.31. The Hall–Kier alpha value is -3.28. The van der Waals surface area contributed by atoms with Gasteiger partial charge in [0.1, 0.15) is 5.75 Å². The Bertz CT molecular complexity index is 1210. The van der Waals surface area contributed by atoms with E-state index in [0.717, 1.165) is 54.4 Å². The van der Waals surface area contributed by atoms with Crippen LogP contribution in [-0.4, -0.2) is 42.0 Å². The zero-order valence-corrected chi connectivity index (χ0v) is 18.7. The molecule has 0 saturated carbocycles. The Morgan fingerprint density at radius 2 is 1.52 bits per heavy atom. The lowest BCUT2D eigenvalue weighted by atomic mass is 9.97. The van der Waals surface area contributed by atoms with E-state index in [9.17, 15) is 4.79 Å². The highest BCUT2D eigenvalue weighted by molar-refractivity contribution is 6.14. The summed E-state index contributed by atoms with van der Waals surface area (Å²) in [6, 6.07) is 23.3. The van der Waals surface area contributed by atoms with Crippen LogP contribution in [0.25, 0.3) is 21.8 Å². The van der Waals surface area contributed by atoms with Crippen LogP contribution in [0.3, 0.4) is 0 Å². The van der Waals surface area contributed by atoms with Crippen molar-refractivity contribution in [3.05, 3.63) is 83.9 Å². The number of carbonyl (C=O) groups is 1. The number of aromatic nitrogens is 1. The number of nitrogens with zero attached hydrogens (tertiary/aromatic N) is 2. The summed E-state index contributed by atoms with van der Waals surface area (Å²) in [6.45, 7) is 4.11. The van der Waals surface area contributed by atoms with Gasteiger partial charge in [0.15, 0.2) is 0 Å². The molecule has 0 amide bonds. The number of rotatable bonds is 6. The first-order valence-corrected chi connectivity index (χ1v) is 11.7. The van der Waals surface area contributed by atoms with Gasteiger partial charge in [-0.25, -0.2) is 9.78 Å². The Labute approximate surface area is 194 Å². The third-order valence-electron chi connectivity index (χ3n) is 6.68. The number of nitrogens with two attached hydrogens (primary N) is 1. The number of hydrogen-bond donors (Lipinski definition) is 1. The van der Waals surface area contributed by atoms with Crippen LogP contribution in [0.2, 0.25) is 0 Å². The van der Waals surface area contributed by atoms with Gasteiger partial charge in [-0.05, 0) is 74.6 Å². The van der Waals surface area contributed by atoms with Gasteiger partial charge < -0.3 is 15.4 Å². The lowest BCUT2D eigenvalue weighted by molar-refractivity contribution is 0.0738. The van der Waals surface area contributed by atoms with Gasteiger partial charge in [-0.15, -0.1) is 0 Å². The van der Waals surface area contributed by atoms with Crippen molar-refractivity contribution in [2.75, 3.05) is 26.2 Å². The smallest absolute Gasteiger partial charge is 0.344 e. The largest absolute Gasteiger partial charge is 0.423 e. The number of pyridine rings is 1. The van der Waals surface area contributed by atoms with Crippen molar-refractivity contribution in [3.8, 4) is 5.75 Å². The molecule has 168 valence electrons. The lowest BCUT2D eigenvalue weighted by Crippen LogP contribution is -2.37. The number of fused-ring (bicyclic) bond motifs is 2. The van der Waals surface area contributed by atoms with E-state index in [1.807, 2.05) is 60.7 Å². The topological polar surface area (TPSA) is 68.4 Å². The van der Waals surface area contributed by atoms with Crippen LogP contribution in [0.1, 0.15) is 28.8 Å². The van der Waals surface area contributed by atoms with Gasteiger partial charge in [-0.3, -0.25) is 0 Å². The van der Waals surface area contributed by atoms with Gasteiger partial charge in [0.25, 0.3) is 0 Å². The molecule has 0 bridgehead atoms. The second-order valence-corrected chi connectivity index (χ2v) is 8.83. The first-order valence-electron chi connectivity index (χ1n) is 11.7. The number of piperidine rings is 1. The zero-order chi connectivity index (χ0) is 22.6. The maximum atomic E-state index is 13.2. The van der Waals surface area contributed by atoms with Crippen LogP contribution >= 0.6 is 0 Å². The fourth-order valence-corrected chi connectivity index (χ4v) is 4.68. The van der Waals surface area contributed by atoms with E-state index >= 15 is 0 Å². The average Bonchev–Trinajstić information content (AvgIpc) is 2.87. The summed E-state index contributed by atoms with van der Waals surface area (Å²) < 4.78 is 5.80. The van der Waals surface area contributed by atoms with Crippen molar-refractivity contribution >= 4 is 27.8 Å². The van der Waals surface area contributed by atoms with E-state index < -0.39 is 0 Å². The maximum absolute atomic E-state index is 13.2. The molecule has 1 fully saturated rings. The molecule has 2 N–H and O–H groups in total. The monoisotopic (exact) mass is 439 g/mol. The van der Waals surface area contributed by atoms with Gasteiger partial charge in [-0.1, -0.05) is 48.5 Å². The number of carbonyl (C=O) groups excluding carboxylic acids is 1. The molecule has 1 aliphatic heterocycles. The SMILES string of the molecule is NCC1CCN(CCc2ccc(OC(=O)c3c4ccccc4nc4ccccc34)cc2)CC1. The number of para-hydroxylation sites is 2. The number of benzene rings is 3. The Morgan fingerprint density at radius 3 is 2.12 bits per heavy atom. The van der Waals surface area contributed by atoms with Gasteiger partial charge >= 0.3 is 5.97 Å². The van der Waals surface area contributed by atoms with Crippen LogP contribution < -0.4 is 10.5 Å². The van der Waals surface area contributed by atoms with E-state index in [1.165, 1.54) is 18.4 Å². The minimum atomic E-state index is -0.361. The minimum absolute atomic E-state index is 0.361. The molecule has 0 unspecified atom stereocenters. The molecule has 1 saturated heterocycles. The molecular formula is C28H29N3O2. The van der Waals surface area contributed by atoms with Crippen molar-refractivity contribution in [2.24, 2.45) is 11.7 Å². The number of hydrogen-bond acceptors (Lipinski definition) is 5. The van der Waals surface area contributed by atoms with E-state index in [1.54, 1.807) is 0 Å². The highest BCUT2D eigenvalue weighted by Crippen LogP contribution is 2.27. The summed E-state index contributed by atoms with van der Waals surface area (Å²) >= 11 is 0. The first kappa shape index (κ1) is 21.6. The highest BCUT2D eigenvalue weighted by Gasteiger charge is 2.19. The van der Waals surface area contributed by atoms with E-state index in [4.69, 9.17) is 10.5 Å². The second kappa shape index (κ2) is 9.69. The Kier molecular flexibility index (Phi) is 6.33. The molecule has 33 heavy (non-hydrogen) atoms. The van der Waals surface area contributed by atoms with Crippen LogP contribution in [0.5, 0.6) is 5.75 Å². The summed E-state index contributed by atoms with van der Waals surface area (Å²) in [4.78, 5) is 20.4. The normalized spacial score (nSPS) is 15.2. The predicted octanol–water partition coefficient (Wildman–Crippen LogP) is 4.82. The van der Waals surface area contributed by atoms with Gasteiger partial charge in [0.2, 0.25) is 0 Å². The molecule has 5 nitrogen and oxygen atoms in total. The first-order chi connectivity index (χ1) is 16.2. The Morgan fingerprint density at radius 1 is 0.909 bits per heavy atom. The van der Waals surface area contributed by atoms with Gasteiger partial charge in [-0.2, -0.15) is 0 Å². The van der Waals surface area contributed by atoms with E-state index in [2.05, 4.69) is 22.0 Å². The average molecular weight is 440 g/mol. The summed E-state index contributed by atoms with van der Waals surface area (Å²) in [6.07, 6.45) is 3.38. The summed E-state index contributed by atoms with van der Waals surface area (Å²) in [7, 11) is 0.